The maximum Gasteiger partial charge on any atom is 0.279 e. The monoisotopic (exact) mass is 207 g/mol. The van der Waals surface area contributed by atoms with Crippen molar-refractivity contribution in [2.45, 2.75) is 25.8 Å². The molecule has 0 amide bonds. The summed E-state index contributed by atoms with van der Waals surface area (Å²) in [5.41, 5.74) is 5.33. The minimum Gasteiger partial charge on any atom is -0.329 e. The first-order valence-electron chi connectivity index (χ1n) is 4.54. The second kappa shape index (κ2) is 4.36. The summed E-state index contributed by atoms with van der Waals surface area (Å²) < 4.78 is 27.1. The van der Waals surface area contributed by atoms with E-state index in [0.29, 0.717) is 19.6 Å². The highest BCUT2D eigenvalue weighted by Gasteiger charge is 2.25. The molecule has 1 aliphatic rings. The molecule has 0 aliphatic carbocycles. The van der Waals surface area contributed by atoms with Gasteiger partial charge in [-0.05, 0) is 19.8 Å². The van der Waals surface area contributed by atoms with E-state index < -0.39 is 10.2 Å². The van der Waals surface area contributed by atoms with Gasteiger partial charge in [-0.1, -0.05) is 0 Å². The summed E-state index contributed by atoms with van der Waals surface area (Å²) in [6.45, 7) is 3.35. The number of hydrogen-bond donors (Lipinski definition) is 2. The van der Waals surface area contributed by atoms with Crippen molar-refractivity contribution in [2.75, 3.05) is 19.6 Å². The van der Waals surface area contributed by atoms with E-state index in [4.69, 9.17) is 5.73 Å². The van der Waals surface area contributed by atoms with Crippen LogP contribution in [0.3, 0.4) is 0 Å². The summed E-state index contributed by atoms with van der Waals surface area (Å²) >= 11 is 0. The SMILES string of the molecule is C[C@@H](CN)NS(=O)(=O)N1CCCC1. The molecule has 0 aromatic heterocycles. The highest BCUT2D eigenvalue weighted by atomic mass is 32.2. The van der Waals surface area contributed by atoms with Gasteiger partial charge in [-0.3, -0.25) is 0 Å². The molecule has 5 nitrogen and oxygen atoms in total. The third-order valence-electron chi connectivity index (χ3n) is 2.11. The summed E-state index contributed by atoms with van der Waals surface area (Å²) in [6, 6.07) is -0.189. The lowest BCUT2D eigenvalue weighted by molar-refractivity contribution is 0.456. The Labute approximate surface area is 79.5 Å². The van der Waals surface area contributed by atoms with Gasteiger partial charge < -0.3 is 5.73 Å². The summed E-state index contributed by atoms with van der Waals surface area (Å²) in [5.74, 6) is 0. The molecular formula is C7H17N3O2S. The van der Waals surface area contributed by atoms with Crippen LogP contribution in [0.1, 0.15) is 19.8 Å². The van der Waals surface area contributed by atoms with E-state index >= 15 is 0 Å². The molecule has 6 heteroatoms. The molecule has 13 heavy (non-hydrogen) atoms. The van der Waals surface area contributed by atoms with Crippen molar-refractivity contribution in [1.29, 1.82) is 0 Å². The van der Waals surface area contributed by atoms with Gasteiger partial charge in [0.25, 0.3) is 10.2 Å². The standard InChI is InChI=1S/C7H17N3O2S/c1-7(6-8)9-13(11,12)10-4-2-3-5-10/h7,9H,2-6,8H2,1H3/t7-/m0/s1. The number of hydrogen-bond acceptors (Lipinski definition) is 3. The molecule has 0 saturated carbocycles. The van der Waals surface area contributed by atoms with Crippen molar-refractivity contribution >= 4 is 10.2 Å². The molecule has 1 heterocycles. The number of nitrogens with two attached hydrogens (primary N) is 1. The van der Waals surface area contributed by atoms with E-state index in [-0.39, 0.29) is 6.04 Å². The Balaban J connectivity index is 2.54. The second-order valence-electron chi connectivity index (χ2n) is 3.37. The zero-order valence-electron chi connectivity index (χ0n) is 7.86. The van der Waals surface area contributed by atoms with Gasteiger partial charge in [-0.25, -0.2) is 0 Å². The third kappa shape index (κ3) is 2.91. The van der Waals surface area contributed by atoms with Crippen molar-refractivity contribution in [3.05, 3.63) is 0 Å². The third-order valence-corrected chi connectivity index (χ3v) is 3.85. The van der Waals surface area contributed by atoms with Crippen molar-refractivity contribution in [2.24, 2.45) is 5.73 Å². The Kier molecular flexibility index (Phi) is 3.66. The zero-order valence-corrected chi connectivity index (χ0v) is 8.68. The molecule has 0 bridgehead atoms. The molecule has 0 aromatic rings. The fraction of sp³-hybridized carbons (Fsp3) is 1.00. The van der Waals surface area contributed by atoms with Gasteiger partial charge in [0, 0.05) is 25.7 Å². The van der Waals surface area contributed by atoms with Crippen LogP contribution < -0.4 is 10.5 Å². The first kappa shape index (κ1) is 10.9. The highest BCUT2D eigenvalue weighted by molar-refractivity contribution is 7.87. The van der Waals surface area contributed by atoms with Crippen LogP contribution in [0.25, 0.3) is 0 Å². The van der Waals surface area contributed by atoms with Crippen LogP contribution in [-0.2, 0) is 10.2 Å². The van der Waals surface area contributed by atoms with Gasteiger partial charge in [0.1, 0.15) is 0 Å². The van der Waals surface area contributed by atoms with Gasteiger partial charge >= 0.3 is 0 Å². The van der Waals surface area contributed by atoms with Crippen molar-refractivity contribution in [1.82, 2.24) is 9.03 Å². The van der Waals surface area contributed by atoms with Crippen molar-refractivity contribution < 1.29 is 8.42 Å². The van der Waals surface area contributed by atoms with Crippen molar-refractivity contribution in [3.8, 4) is 0 Å². The largest absolute Gasteiger partial charge is 0.329 e. The van der Waals surface area contributed by atoms with Crippen LogP contribution in [0.15, 0.2) is 0 Å². The van der Waals surface area contributed by atoms with Crippen LogP contribution in [-0.4, -0.2) is 38.4 Å². The first-order valence-corrected chi connectivity index (χ1v) is 5.98. The smallest absolute Gasteiger partial charge is 0.279 e. The van der Waals surface area contributed by atoms with Gasteiger partial charge in [0.2, 0.25) is 0 Å². The number of nitrogens with one attached hydrogen (secondary N) is 1. The summed E-state index contributed by atoms with van der Waals surface area (Å²) in [5, 5.41) is 0. The van der Waals surface area contributed by atoms with Crippen LogP contribution in [0.5, 0.6) is 0 Å². The Morgan fingerprint density at radius 3 is 2.46 bits per heavy atom. The molecular weight excluding hydrogens is 190 g/mol. The molecule has 3 N–H and O–H groups in total. The molecule has 1 atom stereocenters. The minimum atomic E-state index is -3.27. The summed E-state index contributed by atoms with van der Waals surface area (Å²) in [4.78, 5) is 0. The zero-order chi connectivity index (χ0) is 9.90. The van der Waals surface area contributed by atoms with Gasteiger partial charge in [0.15, 0.2) is 0 Å². The van der Waals surface area contributed by atoms with Crippen LogP contribution in [0.4, 0.5) is 0 Å². The number of nitrogens with zero attached hydrogens (tertiary/aromatic N) is 1. The fourth-order valence-electron chi connectivity index (χ4n) is 1.31. The Bertz CT molecular complexity index is 246. The molecule has 0 unspecified atom stereocenters. The predicted molar refractivity (Wildman–Crippen MR) is 51.4 cm³/mol. The molecule has 1 rings (SSSR count). The fourth-order valence-corrected chi connectivity index (χ4v) is 2.80. The molecule has 0 spiro atoms. The lowest BCUT2D eigenvalue weighted by Gasteiger charge is -2.19. The Morgan fingerprint density at radius 1 is 1.46 bits per heavy atom. The summed E-state index contributed by atoms with van der Waals surface area (Å²) in [7, 11) is -3.27. The molecule has 1 saturated heterocycles. The van der Waals surface area contributed by atoms with E-state index in [9.17, 15) is 8.42 Å². The molecule has 1 fully saturated rings. The Morgan fingerprint density at radius 2 is 2.00 bits per heavy atom. The quantitative estimate of drug-likeness (QED) is 0.638. The maximum absolute atomic E-state index is 11.6. The Hall–Kier alpha value is -0.170. The highest BCUT2D eigenvalue weighted by Crippen LogP contribution is 2.11. The second-order valence-corrected chi connectivity index (χ2v) is 5.07. The molecule has 0 radical (unpaired) electrons. The van der Waals surface area contributed by atoms with Crippen molar-refractivity contribution in [3.63, 3.8) is 0 Å². The van der Waals surface area contributed by atoms with Crippen LogP contribution >= 0.6 is 0 Å². The van der Waals surface area contributed by atoms with Gasteiger partial charge in [-0.15, -0.1) is 0 Å². The lowest BCUT2D eigenvalue weighted by atomic mass is 10.4. The minimum absolute atomic E-state index is 0.189. The van der Waals surface area contributed by atoms with E-state index in [1.807, 2.05) is 0 Å². The number of rotatable bonds is 4. The molecule has 1 aliphatic heterocycles. The summed E-state index contributed by atoms with van der Waals surface area (Å²) in [6.07, 6.45) is 1.91. The predicted octanol–water partition coefficient (Wildman–Crippen LogP) is -0.736. The molecule has 0 aromatic carbocycles. The lowest BCUT2D eigenvalue weighted by Crippen LogP contribution is -2.45. The van der Waals surface area contributed by atoms with Crippen LogP contribution in [0, 0.1) is 0 Å². The molecule has 78 valence electrons. The van der Waals surface area contributed by atoms with E-state index in [0.717, 1.165) is 12.8 Å². The topological polar surface area (TPSA) is 75.4 Å². The van der Waals surface area contributed by atoms with E-state index in [2.05, 4.69) is 4.72 Å². The average molecular weight is 207 g/mol. The van der Waals surface area contributed by atoms with Crippen LogP contribution in [0.2, 0.25) is 0 Å². The maximum atomic E-state index is 11.6. The van der Waals surface area contributed by atoms with E-state index in [1.165, 1.54) is 4.31 Å². The average Bonchev–Trinajstić information content (AvgIpc) is 2.55. The van der Waals surface area contributed by atoms with Gasteiger partial charge in [-0.2, -0.15) is 17.4 Å². The van der Waals surface area contributed by atoms with Gasteiger partial charge in [0.05, 0.1) is 0 Å². The first-order chi connectivity index (χ1) is 6.06. The normalized spacial score (nSPS) is 22.0. The van der Waals surface area contributed by atoms with E-state index in [1.54, 1.807) is 6.92 Å².